The Morgan fingerprint density at radius 3 is 2.78 bits per heavy atom. The van der Waals surface area contributed by atoms with Gasteiger partial charge >= 0.3 is 6.03 Å². The molecule has 9 heteroatoms. The fourth-order valence-electron chi connectivity index (χ4n) is 6.12. The summed E-state index contributed by atoms with van der Waals surface area (Å²) in [5.41, 5.74) is 6.62. The van der Waals surface area contributed by atoms with Crippen LogP contribution < -0.4 is 15.0 Å². The molecule has 2 aliphatic heterocycles. The fraction of sp³-hybridized carbons (Fsp3) is 0.357. The molecule has 2 saturated heterocycles. The number of piperazine rings is 1. The van der Waals surface area contributed by atoms with E-state index in [1.807, 2.05) is 29.4 Å². The number of carbonyl (C=O) groups is 1. The van der Waals surface area contributed by atoms with Crippen LogP contribution >= 0.6 is 0 Å². The predicted octanol–water partition coefficient (Wildman–Crippen LogP) is 3.48. The molecule has 0 spiro atoms. The monoisotopic (exact) mass is 495 g/mol. The lowest BCUT2D eigenvalue weighted by Crippen LogP contribution is -2.52. The molecule has 188 valence electrons. The summed E-state index contributed by atoms with van der Waals surface area (Å²) in [5.74, 6) is 1.87. The van der Waals surface area contributed by atoms with Crippen molar-refractivity contribution < 1.29 is 9.53 Å². The van der Waals surface area contributed by atoms with Crippen LogP contribution in [0.5, 0.6) is 5.75 Å². The maximum Gasteiger partial charge on any atom is 0.317 e. The van der Waals surface area contributed by atoms with Gasteiger partial charge in [0.2, 0.25) is 5.95 Å². The fourth-order valence-corrected chi connectivity index (χ4v) is 6.12. The Hall–Kier alpha value is -4.14. The lowest BCUT2D eigenvalue weighted by molar-refractivity contribution is 0.197. The predicted molar refractivity (Wildman–Crippen MR) is 140 cm³/mol. The second-order valence-electron chi connectivity index (χ2n) is 10.0. The summed E-state index contributed by atoms with van der Waals surface area (Å²) in [6.07, 6.45) is 9.14. The van der Waals surface area contributed by atoms with Crippen molar-refractivity contribution in [3.63, 3.8) is 0 Å². The van der Waals surface area contributed by atoms with E-state index in [1.54, 1.807) is 7.11 Å². The van der Waals surface area contributed by atoms with Gasteiger partial charge in [-0.15, -0.1) is 0 Å². The molecule has 2 unspecified atom stereocenters. The van der Waals surface area contributed by atoms with Crippen LogP contribution in [0.4, 0.5) is 10.7 Å². The molecule has 0 bridgehead atoms. The van der Waals surface area contributed by atoms with E-state index >= 15 is 0 Å². The zero-order valence-electron chi connectivity index (χ0n) is 20.8. The molecule has 1 aromatic carbocycles. The number of benzene rings is 1. The molecule has 0 radical (unpaired) electrons. The number of hydrogen-bond donors (Lipinski definition) is 1. The molecule has 2 amide bonds. The van der Waals surface area contributed by atoms with Crippen molar-refractivity contribution in [3.05, 3.63) is 71.9 Å². The SMILES string of the molecule is COc1ccccc1C1CCCc2nc3ccc(-c4cnc(N5CCN6C(=O)NCC6C5)nc4)cn3c21. The Bertz CT molecular complexity index is 1480. The lowest BCUT2D eigenvalue weighted by Gasteiger charge is -2.36. The first kappa shape index (κ1) is 22.1. The van der Waals surface area contributed by atoms with E-state index in [0.717, 1.165) is 54.9 Å². The van der Waals surface area contributed by atoms with Gasteiger partial charge in [-0.25, -0.2) is 19.7 Å². The number of amides is 2. The van der Waals surface area contributed by atoms with Gasteiger partial charge in [-0.05, 0) is 37.5 Å². The quantitative estimate of drug-likeness (QED) is 0.467. The summed E-state index contributed by atoms with van der Waals surface area (Å²) < 4.78 is 7.96. The zero-order valence-corrected chi connectivity index (χ0v) is 20.8. The number of aryl methyl sites for hydroxylation is 1. The van der Waals surface area contributed by atoms with E-state index in [2.05, 4.69) is 45.1 Å². The third kappa shape index (κ3) is 3.68. The van der Waals surface area contributed by atoms with Gasteiger partial charge in [-0.2, -0.15) is 0 Å². The van der Waals surface area contributed by atoms with E-state index in [0.29, 0.717) is 19.0 Å². The molecule has 3 aliphatic rings. The number of pyridine rings is 1. The maximum absolute atomic E-state index is 11.9. The summed E-state index contributed by atoms with van der Waals surface area (Å²) in [7, 11) is 1.74. The number of anilines is 1. The third-order valence-corrected chi connectivity index (χ3v) is 7.97. The Kier molecular flexibility index (Phi) is 5.23. The summed E-state index contributed by atoms with van der Waals surface area (Å²) in [5, 5.41) is 2.92. The summed E-state index contributed by atoms with van der Waals surface area (Å²) in [4.78, 5) is 30.4. The Balaban J connectivity index is 1.20. The van der Waals surface area contributed by atoms with Crippen LogP contribution in [0, 0.1) is 0 Å². The molecule has 2 atom stereocenters. The first-order chi connectivity index (χ1) is 18.2. The standard InChI is InChI=1S/C28H29N7O2/c1-37-24-8-3-2-5-21(24)22-6-4-7-23-26(22)35-16-18(9-10-25(35)32-23)19-13-29-27(30-14-19)33-11-12-34-20(17-33)15-31-28(34)36/h2-3,5,8-10,13-14,16,20,22H,4,6-7,11-12,15,17H2,1H3,(H,31,36). The first-order valence-electron chi connectivity index (χ1n) is 13.0. The minimum Gasteiger partial charge on any atom is -0.496 e. The second-order valence-corrected chi connectivity index (χ2v) is 10.0. The molecule has 7 rings (SSSR count). The van der Waals surface area contributed by atoms with Gasteiger partial charge in [0, 0.05) is 67.4 Å². The molecule has 0 saturated carbocycles. The van der Waals surface area contributed by atoms with Crippen LogP contribution in [-0.4, -0.2) is 69.6 Å². The first-order valence-corrected chi connectivity index (χ1v) is 13.0. The van der Waals surface area contributed by atoms with Crippen LogP contribution in [0.2, 0.25) is 0 Å². The molecule has 9 nitrogen and oxygen atoms in total. The number of para-hydroxylation sites is 1. The minimum atomic E-state index is 0.0333. The number of ether oxygens (including phenoxy) is 1. The number of urea groups is 1. The molecule has 37 heavy (non-hydrogen) atoms. The number of fused-ring (bicyclic) bond motifs is 4. The van der Waals surface area contributed by atoms with E-state index < -0.39 is 0 Å². The highest BCUT2D eigenvalue weighted by atomic mass is 16.5. The zero-order chi connectivity index (χ0) is 24.9. The second kappa shape index (κ2) is 8.76. The molecule has 1 N–H and O–H groups in total. The third-order valence-electron chi connectivity index (χ3n) is 7.97. The number of nitrogens with one attached hydrogen (secondary N) is 1. The van der Waals surface area contributed by atoms with Crippen molar-refractivity contribution >= 4 is 17.6 Å². The lowest BCUT2D eigenvalue weighted by atomic mass is 9.84. The number of hydrogen-bond acceptors (Lipinski definition) is 6. The van der Waals surface area contributed by atoms with Crippen molar-refractivity contribution in [3.8, 4) is 16.9 Å². The van der Waals surface area contributed by atoms with Crippen molar-refractivity contribution in [2.75, 3.05) is 38.2 Å². The Labute approximate surface area is 215 Å². The normalized spacial score (nSPS) is 21.1. The Morgan fingerprint density at radius 1 is 1.05 bits per heavy atom. The van der Waals surface area contributed by atoms with Gasteiger partial charge in [0.1, 0.15) is 11.4 Å². The Morgan fingerprint density at radius 2 is 1.92 bits per heavy atom. The van der Waals surface area contributed by atoms with E-state index in [-0.39, 0.29) is 18.0 Å². The van der Waals surface area contributed by atoms with Crippen molar-refractivity contribution in [2.45, 2.75) is 31.2 Å². The van der Waals surface area contributed by atoms with Gasteiger partial charge in [-0.3, -0.25) is 0 Å². The highest BCUT2D eigenvalue weighted by Crippen LogP contribution is 2.41. The van der Waals surface area contributed by atoms with Crippen LogP contribution in [0.25, 0.3) is 16.8 Å². The van der Waals surface area contributed by atoms with Crippen molar-refractivity contribution in [2.24, 2.45) is 0 Å². The highest BCUT2D eigenvalue weighted by Gasteiger charge is 2.36. The van der Waals surface area contributed by atoms with E-state index in [1.165, 1.54) is 17.0 Å². The largest absolute Gasteiger partial charge is 0.496 e. The van der Waals surface area contributed by atoms with Crippen molar-refractivity contribution in [1.82, 2.24) is 29.6 Å². The van der Waals surface area contributed by atoms with Crippen LogP contribution in [-0.2, 0) is 6.42 Å². The molecular weight excluding hydrogens is 466 g/mol. The average Bonchev–Trinajstić information content (AvgIpc) is 3.52. The molecule has 3 aromatic heterocycles. The number of aromatic nitrogens is 4. The van der Waals surface area contributed by atoms with E-state index in [9.17, 15) is 4.79 Å². The van der Waals surface area contributed by atoms with E-state index in [4.69, 9.17) is 19.7 Å². The maximum atomic E-state index is 11.9. The molecule has 5 heterocycles. The minimum absolute atomic E-state index is 0.0333. The number of nitrogens with zero attached hydrogens (tertiary/aromatic N) is 6. The van der Waals surface area contributed by atoms with Crippen LogP contribution in [0.3, 0.4) is 0 Å². The van der Waals surface area contributed by atoms with Gasteiger partial charge < -0.3 is 24.3 Å². The molecular formula is C28H29N7O2. The number of rotatable bonds is 4. The topological polar surface area (TPSA) is 87.9 Å². The summed E-state index contributed by atoms with van der Waals surface area (Å²) >= 11 is 0. The van der Waals surface area contributed by atoms with Gasteiger partial charge in [0.25, 0.3) is 0 Å². The number of methoxy groups -OCH3 is 1. The average molecular weight is 496 g/mol. The molecule has 1 aliphatic carbocycles. The molecule has 2 fully saturated rings. The smallest absolute Gasteiger partial charge is 0.317 e. The summed E-state index contributed by atoms with van der Waals surface area (Å²) in [6, 6.07) is 12.7. The van der Waals surface area contributed by atoms with Crippen molar-refractivity contribution in [1.29, 1.82) is 0 Å². The van der Waals surface area contributed by atoms with Gasteiger partial charge in [0.05, 0.1) is 24.5 Å². The van der Waals surface area contributed by atoms with Gasteiger partial charge in [-0.1, -0.05) is 18.2 Å². The number of carbonyl (C=O) groups excluding carboxylic acids is 1. The highest BCUT2D eigenvalue weighted by molar-refractivity contribution is 5.77. The van der Waals surface area contributed by atoms with Gasteiger partial charge in [0.15, 0.2) is 0 Å². The van der Waals surface area contributed by atoms with Crippen LogP contribution in [0.15, 0.2) is 55.0 Å². The summed E-state index contributed by atoms with van der Waals surface area (Å²) in [6.45, 7) is 2.85. The molecule has 4 aromatic rings. The van der Waals surface area contributed by atoms with Crippen LogP contribution in [0.1, 0.15) is 35.7 Å². The number of imidazole rings is 1.